The molecule has 0 atom stereocenters. The summed E-state index contributed by atoms with van der Waals surface area (Å²) in [4.78, 5) is 30.4. The zero-order valence-corrected chi connectivity index (χ0v) is 10.9. The average Bonchev–Trinajstić information content (AvgIpc) is 2.39. The minimum absolute atomic E-state index is 0.0191. The number of urea groups is 1. The Morgan fingerprint density at radius 3 is 2.63 bits per heavy atom. The zero-order chi connectivity index (χ0) is 14.3. The highest BCUT2D eigenvalue weighted by Gasteiger charge is 2.11. The molecule has 1 aromatic rings. The van der Waals surface area contributed by atoms with Crippen molar-refractivity contribution < 1.29 is 4.79 Å². The van der Waals surface area contributed by atoms with Crippen molar-refractivity contribution in [1.82, 2.24) is 19.8 Å². The first-order chi connectivity index (χ1) is 9.00. The van der Waals surface area contributed by atoms with E-state index in [0.717, 1.165) is 0 Å². The molecule has 1 aliphatic rings. The van der Waals surface area contributed by atoms with Crippen molar-refractivity contribution in [2.75, 3.05) is 26.4 Å². The molecule has 0 saturated carbocycles. The summed E-state index contributed by atoms with van der Waals surface area (Å²) in [6.45, 7) is 0.674. The number of carbonyl (C=O) groups excluding carboxylic acids is 1. The number of anilines is 1. The molecule has 0 aromatic carbocycles. The van der Waals surface area contributed by atoms with Gasteiger partial charge in [0.15, 0.2) is 0 Å². The van der Waals surface area contributed by atoms with E-state index in [4.69, 9.17) is 5.73 Å². The van der Waals surface area contributed by atoms with Gasteiger partial charge < -0.3 is 15.6 Å². The van der Waals surface area contributed by atoms with Crippen LogP contribution in [0.2, 0.25) is 0 Å². The normalized spacial score (nSPS) is 12.6. The lowest BCUT2D eigenvalue weighted by Crippen LogP contribution is -2.36. The van der Waals surface area contributed by atoms with Crippen molar-refractivity contribution in [3.63, 3.8) is 0 Å². The predicted octanol–water partition coefficient (Wildman–Crippen LogP) is 0.406. The molecule has 0 radical (unpaired) electrons. The fourth-order valence-electron chi connectivity index (χ4n) is 1.25. The molecule has 2 heterocycles. The number of nitrogens with one attached hydrogen (secondary N) is 1. The van der Waals surface area contributed by atoms with E-state index < -0.39 is 5.69 Å². The van der Waals surface area contributed by atoms with Gasteiger partial charge in [0.05, 0.1) is 0 Å². The Morgan fingerprint density at radius 2 is 2.21 bits per heavy atom. The van der Waals surface area contributed by atoms with Gasteiger partial charge in [0.25, 0.3) is 0 Å². The van der Waals surface area contributed by atoms with E-state index in [-0.39, 0.29) is 11.8 Å². The number of amides is 2. The molecule has 0 bridgehead atoms. The molecule has 0 saturated heterocycles. The summed E-state index contributed by atoms with van der Waals surface area (Å²) in [5.74, 6) is 0.244. The third kappa shape index (κ3) is 5.07. The molecular weight excluding hydrogens is 246 g/mol. The molecule has 0 aliphatic carbocycles. The first kappa shape index (κ1) is 14.5. The maximum atomic E-state index is 11.3. The van der Waals surface area contributed by atoms with Crippen LogP contribution in [0.3, 0.4) is 0 Å². The average molecular weight is 263 g/mol. The van der Waals surface area contributed by atoms with Crippen molar-refractivity contribution in [3.8, 4) is 0 Å². The Hall–Kier alpha value is -2.57. The highest BCUT2D eigenvalue weighted by Crippen LogP contribution is 2.00. The fraction of sp³-hybridized carbons (Fsp3) is 0.250. The van der Waals surface area contributed by atoms with Gasteiger partial charge in [-0.2, -0.15) is 4.98 Å². The minimum atomic E-state index is -0.412. The Balaban J connectivity index is 0.000000200. The first-order valence-corrected chi connectivity index (χ1v) is 5.63. The van der Waals surface area contributed by atoms with Crippen LogP contribution in [0.1, 0.15) is 0 Å². The van der Waals surface area contributed by atoms with Crippen LogP contribution in [0.5, 0.6) is 0 Å². The van der Waals surface area contributed by atoms with E-state index in [1.807, 2.05) is 18.2 Å². The standard InChI is InChI=1S/C8H12N2O.C4H5N3O/c1-9(2)8(11)10-6-4-3-5-7-10;5-3-1-2-6-4(8)7-3/h3-6H,7H2,1-2H3;1-2H,(H3,5,6,7,8). The van der Waals surface area contributed by atoms with Crippen molar-refractivity contribution >= 4 is 11.8 Å². The molecule has 1 aliphatic heterocycles. The summed E-state index contributed by atoms with van der Waals surface area (Å²) in [7, 11) is 3.49. The molecular formula is C12H17N5O2. The van der Waals surface area contributed by atoms with Gasteiger partial charge in [-0.05, 0) is 12.1 Å². The molecule has 19 heavy (non-hydrogen) atoms. The van der Waals surface area contributed by atoms with Crippen molar-refractivity contribution in [2.24, 2.45) is 0 Å². The number of allylic oxidation sites excluding steroid dienone is 2. The predicted molar refractivity (Wildman–Crippen MR) is 73.3 cm³/mol. The Labute approximate surface area is 111 Å². The number of hydrogen-bond acceptors (Lipinski definition) is 4. The van der Waals surface area contributed by atoms with Gasteiger partial charge in [0.1, 0.15) is 5.82 Å². The molecule has 1 aromatic heterocycles. The van der Waals surface area contributed by atoms with E-state index in [0.29, 0.717) is 6.54 Å². The van der Waals surface area contributed by atoms with Crippen LogP contribution >= 0.6 is 0 Å². The molecule has 2 amide bonds. The lowest BCUT2D eigenvalue weighted by atomic mass is 10.4. The molecule has 0 unspecified atom stereocenters. The smallest absolute Gasteiger partial charge is 0.346 e. The summed E-state index contributed by atoms with van der Waals surface area (Å²) in [5.41, 5.74) is 4.72. The number of nitrogens with zero attached hydrogens (tertiary/aromatic N) is 3. The Bertz CT molecular complexity index is 533. The molecule has 7 heteroatoms. The summed E-state index contributed by atoms with van der Waals surface area (Å²) >= 11 is 0. The third-order valence-electron chi connectivity index (χ3n) is 2.14. The summed E-state index contributed by atoms with van der Waals surface area (Å²) in [5, 5.41) is 0. The largest absolute Gasteiger partial charge is 0.383 e. The number of nitrogen functional groups attached to an aromatic ring is 1. The number of nitrogens with two attached hydrogens (primary N) is 1. The zero-order valence-electron chi connectivity index (χ0n) is 10.9. The second-order valence-electron chi connectivity index (χ2n) is 3.92. The number of H-pyrrole nitrogens is 1. The molecule has 7 nitrogen and oxygen atoms in total. The number of aromatic amines is 1. The van der Waals surface area contributed by atoms with Crippen molar-refractivity contribution in [3.05, 3.63) is 47.2 Å². The molecule has 0 spiro atoms. The van der Waals surface area contributed by atoms with Gasteiger partial charge in [-0.1, -0.05) is 12.2 Å². The number of rotatable bonds is 0. The Morgan fingerprint density at radius 1 is 1.47 bits per heavy atom. The van der Waals surface area contributed by atoms with Crippen LogP contribution in [0, 0.1) is 0 Å². The van der Waals surface area contributed by atoms with Crippen LogP contribution in [0.25, 0.3) is 0 Å². The van der Waals surface area contributed by atoms with Crippen LogP contribution in [0.15, 0.2) is 41.5 Å². The monoisotopic (exact) mass is 263 g/mol. The van der Waals surface area contributed by atoms with Crippen LogP contribution < -0.4 is 11.4 Å². The summed E-state index contributed by atoms with van der Waals surface area (Å²) < 4.78 is 0. The van der Waals surface area contributed by atoms with Gasteiger partial charge in [-0.15, -0.1) is 0 Å². The minimum Gasteiger partial charge on any atom is -0.383 e. The number of aromatic nitrogens is 2. The first-order valence-electron chi connectivity index (χ1n) is 5.63. The quantitative estimate of drug-likeness (QED) is 0.708. The van der Waals surface area contributed by atoms with Gasteiger partial charge in [-0.3, -0.25) is 4.90 Å². The van der Waals surface area contributed by atoms with Crippen LogP contribution in [0.4, 0.5) is 10.6 Å². The molecule has 102 valence electrons. The van der Waals surface area contributed by atoms with E-state index in [1.54, 1.807) is 30.1 Å². The van der Waals surface area contributed by atoms with Crippen molar-refractivity contribution in [1.29, 1.82) is 0 Å². The second kappa shape index (κ2) is 7.00. The molecule has 2 rings (SSSR count). The van der Waals surface area contributed by atoms with Crippen LogP contribution in [-0.2, 0) is 0 Å². The maximum absolute atomic E-state index is 11.3. The topological polar surface area (TPSA) is 95.3 Å². The SMILES string of the molecule is CN(C)C(=O)N1C=CC=CC1.Nc1cc[nH]c(=O)n1. The molecule has 0 fully saturated rings. The lowest BCUT2D eigenvalue weighted by Gasteiger charge is -2.22. The number of carbonyl (C=O) groups is 1. The van der Waals surface area contributed by atoms with Crippen molar-refractivity contribution in [2.45, 2.75) is 0 Å². The van der Waals surface area contributed by atoms with Gasteiger partial charge in [0, 0.05) is 33.0 Å². The molecule has 3 N–H and O–H groups in total. The highest BCUT2D eigenvalue weighted by molar-refractivity contribution is 5.75. The van der Waals surface area contributed by atoms with Gasteiger partial charge in [0.2, 0.25) is 0 Å². The summed E-state index contributed by atoms with van der Waals surface area (Å²) in [6.07, 6.45) is 8.96. The van der Waals surface area contributed by atoms with E-state index in [2.05, 4.69) is 9.97 Å². The van der Waals surface area contributed by atoms with Crippen LogP contribution in [-0.4, -0.2) is 46.4 Å². The summed E-state index contributed by atoms with van der Waals surface area (Å²) in [6, 6.07) is 1.53. The van der Waals surface area contributed by atoms with Gasteiger partial charge in [-0.25, -0.2) is 9.59 Å². The number of hydrogen-bond donors (Lipinski definition) is 2. The maximum Gasteiger partial charge on any atom is 0.346 e. The lowest BCUT2D eigenvalue weighted by molar-refractivity contribution is 0.192. The second-order valence-corrected chi connectivity index (χ2v) is 3.92. The fourth-order valence-corrected chi connectivity index (χ4v) is 1.25. The van der Waals surface area contributed by atoms with E-state index in [9.17, 15) is 9.59 Å². The third-order valence-corrected chi connectivity index (χ3v) is 2.14. The van der Waals surface area contributed by atoms with Gasteiger partial charge >= 0.3 is 11.7 Å². The highest BCUT2D eigenvalue weighted by atomic mass is 16.2. The van der Waals surface area contributed by atoms with E-state index >= 15 is 0 Å². The Kier molecular flexibility index (Phi) is 5.34. The van der Waals surface area contributed by atoms with E-state index in [1.165, 1.54) is 12.3 Å².